The summed E-state index contributed by atoms with van der Waals surface area (Å²) in [6.07, 6.45) is 0. The predicted molar refractivity (Wildman–Crippen MR) is 68.5 cm³/mol. The van der Waals surface area contributed by atoms with Gasteiger partial charge >= 0.3 is 0 Å². The smallest absolute Gasteiger partial charge is 0.230 e. The number of aryl methyl sites for hydroxylation is 1. The van der Waals surface area contributed by atoms with E-state index in [0.717, 1.165) is 10.5 Å². The molecule has 0 aliphatic carbocycles. The molecule has 5 nitrogen and oxygen atoms in total. The third kappa shape index (κ3) is 3.67. The van der Waals surface area contributed by atoms with Crippen LogP contribution in [0.25, 0.3) is 0 Å². The van der Waals surface area contributed by atoms with Crippen molar-refractivity contribution in [2.45, 2.75) is 11.8 Å². The summed E-state index contributed by atoms with van der Waals surface area (Å²) in [6, 6.07) is 5.60. The predicted octanol–water partition coefficient (Wildman–Crippen LogP) is 0.928. The van der Waals surface area contributed by atoms with Crippen LogP contribution in [0.5, 0.6) is 0 Å². The number of nitrogens with one attached hydrogen (secondary N) is 1. The summed E-state index contributed by atoms with van der Waals surface area (Å²) in [7, 11) is 1.59. The number of rotatable bonds is 4. The molecular weight excluding hydrogens is 238 g/mol. The molecule has 0 atom stereocenters. The molecule has 1 aromatic rings. The molecule has 0 aromatic heterocycles. The molecule has 0 bridgehead atoms. The van der Waals surface area contributed by atoms with Crippen LogP contribution in [0.3, 0.4) is 0 Å². The molecular formula is C11H15N3O2S. The van der Waals surface area contributed by atoms with Crippen LogP contribution in [0.15, 0.2) is 28.3 Å². The molecule has 1 rings (SSSR count). The van der Waals surface area contributed by atoms with Crippen molar-refractivity contribution in [3.8, 4) is 0 Å². The molecule has 17 heavy (non-hydrogen) atoms. The summed E-state index contributed by atoms with van der Waals surface area (Å²) < 4.78 is 0. The van der Waals surface area contributed by atoms with Gasteiger partial charge in [-0.2, -0.15) is 0 Å². The number of benzene rings is 1. The van der Waals surface area contributed by atoms with E-state index in [2.05, 4.69) is 10.5 Å². The highest BCUT2D eigenvalue weighted by Crippen LogP contribution is 2.23. The van der Waals surface area contributed by atoms with E-state index < -0.39 is 0 Å². The van der Waals surface area contributed by atoms with Crippen molar-refractivity contribution in [3.63, 3.8) is 0 Å². The molecule has 6 heteroatoms. The van der Waals surface area contributed by atoms with Gasteiger partial charge in [0, 0.05) is 17.5 Å². The molecule has 0 heterocycles. The minimum Gasteiger partial charge on any atom is -0.409 e. The second-order valence-electron chi connectivity index (χ2n) is 3.45. The first-order valence-corrected chi connectivity index (χ1v) is 5.99. The van der Waals surface area contributed by atoms with Gasteiger partial charge in [0.25, 0.3) is 0 Å². The maximum absolute atomic E-state index is 11.2. The Kier molecular flexibility index (Phi) is 4.84. The third-order valence-electron chi connectivity index (χ3n) is 2.16. The average Bonchev–Trinajstić information content (AvgIpc) is 2.35. The molecule has 0 radical (unpaired) electrons. The number of nitrogens with two attached hydrogens (primary N) is 1. The normalized spacial score (nSPS) is 11.3. The Morgan fingerprint density at radius 3 is 2.88 bits per heavy atom. The lowest BCUT2D eigenvalue weighted by Gasteiger charge is -2.08. The summed E-state index contributed by atoms with van der Waals surface area (Å²) in [5.74, 6) is 0.278. The fourth-order valence-corrected chi connectivity index (χ4v) is 2.15. The summed E-state index contributed by atoms with van der Waals surface area (Å²) >= 11 is 1.35. The SMILES string of the molecule is CNC(=O)CSc1ccc(C)cc1/C(N)=N/O. The summed E-state index contributed by atoms with van der Waals surface area (Å²) in [5.41, 5.74) is 7.24. The van der Waals surface area contributed by atoms with Crippen molar-refractivity contribution in [3.05, 3.63) is 29.3 Å². The van der Waals surface area contributed by atoms with Crippen LogP contribution in [0, 0.1) is 6.92 Å². The van der Waals surface area contributed by atoms with E-state index >= 15 is 0 Å². The summed E-state index contributed by atoms with van der Waals surface area (Å²) in [6.45, 7) is 1.92. The van der Waals surface area contributed by atoms with Gasteiger partial charge in [0.1, 0.15) is 0 Å². The number of hydrogen-bond donors (Lipinski definition) is 3. The van der Waals surface area contributed by atoms with Crippen LogP contribution >= 0.6 is 11.8 Å². The van der Waals surface area contributed by atoms with Gasteiger partial charge in [-0.05, 0) is 19.1 Å². The number of nitrogens with zero attached hydrogens (tertiary/aromatic N) is 1. The lowest BCUT2D eigenvalue weighted by Crippen LogP contribution is -2.20. The lowest BCUT2D eigenvalue weighted by molar-refractivity contribution is -0.118. The molecule has 0 saturated carbocycles. The van der Waals surface area contributed by atoms with E-state index in [1.165, 1.54) is 11.8 Å². The van der Waals surface area contributed by atoms with Crippen molar-refractivity contribution < 1.29 is 10.0 Å². The monoisotopic (exact) mass is 253 g/mol. The molecule has 0 saturated heterocycles. The lowest BCUT2D eigenvalue weighted by atomic mass is 10.1. The number of thioether (sulfide) groups is 1. The van der Waals surface area contributed by atoms with Gasteiger partial charge < -0.3 is 16.3 Å². The zero-order valence-electron chi connectivity index (χ0n) is 9.73. The Hall–Kier alpha value is -1.69. The fraction of sp³-hybridized carbons (Fsp3) is 0.273. The minimum atomic E-state index is -0.0685. The van der Waals surface area contributed by atoms with Gasteiger partial charge in [0.15, 0.2) is 5.84 Å². The summed E-state index contributed by atoms with van der Waals surface area (Å²) in [5, 5.41) is 14.2. The molecule has 4 N–H and O–H groups in total. The van der Waals surface area contributed by atoms with Crippen molar-refractivity contribution in [1.29, 1.82) is 0 Å². The van der Waals surface area contributed by atoms with E-state index in [9.17, 15) is 4.79 Å². The highest BCUT2D eigenvalue weighted by Gasteiger charge is 2.09. The van der Waals surface area contributed by atoms with Gasteiger partial charge in [-0.25, -0.2) is 0 Å². The number of hydrogen-bond acceptors (Lipinski definition) is 4. The fourth-order valence-electron chi connectivity index (χ4n) is 1.24. The van der Waals surface area contributed by atoms with E-state index in [0.29, 0.717) is 11.3 Å². The van der Waals surface area contributed by atoms with Crippen LogP contribution in [0.1, 0.15) is 11.1 Å². The van der Waals surface area contributed by atoms with E-state index in [4.69, 9.17) is 10.9 Å². The molecule has 0 aliphatic rings. The quantitative estimate of drug-likeness (QED) is 0.245. The molecule has 0 unspecified atom stereocenters. The molecule has 1 amide bonds. The molecule has 1 aromatic carbocycles. The van der Waals surface area contributed by atoms with E-state index in [1.54, 1.807) is 7.05 Å². The first-order valence-electron chi connectivity index (χ1n) is 5.00. The molecule has 0 fully saturated rings. The second-order valence-corrected chi connectivity index (χ2v) is 4.46. The Morgan fingerprint density at radius 2 is 2.29 bits per heavy atom. The zero-order chi connectivity index (χ0) is 12.8. The van der Waals surface area contributed by atoms with Crippen molar-refractivity contribution in [1.82, 2.24) is 5.32 Å². The molecule has 0 spiro atoms. The van der Waals surface area contributed by atoms with Crippen molar-refractivity contribution >= 4 is 23.5 Å². The average molecular weight is 253 g/mol. The van der Waals surface area contributed by atoms with Crippen LogP contribution in [0.2, 0.25) is 0 Å². The third-order valence-corrected chi connectivity index (χ3v) is 3.23. The zero-order valence-corrected chi connectivity index (χ0v) is 10.5. The number of carbonyl (C=O) groups is 1. The van der Waals surface area contributed by atoms with Gasteiger partial charge in [0.2, 0.25) is 5.91 Å². The number of carbonyl (C=O) groups excluding carboxylic acids is 1. The maximum Gasteiger partial charge on any atom is 0.230 e. The largest absolute Gasteiger partial charge is 0.409 e. The number of amidine groups is 1. The van der Waals surface area contributed by atoms with Crippen LogP contribution in [0.4, 0.5) is 0 Å². The standard InChI is InChI=1S/C11H15N3O2S/c1-7-3-4-9(17-6-10(15)13-2)8(5-7)11(12)14-16/h3-5,16H,6H2,1-2H3,(H2,12,14)(H,13,15). The van der Waals surface area contributed by atoms with Crippen LogP contribution in [-0.2, 0) is 4.79 Å². The highest BCUT2D eigenvalue weighted by molar-refractivity contribution is 8.00. The minimum absolute atomic E-state index is 0.0492. The van der Waals surface area contributed by atoms with Crippen molar-refractivity contribution in [2.24, 2.45) is 10.9 Å². The Balaban J connectivity index is 2.94. The van der Waals surface area contributed by atoms with Crippen molar-refractivity contribution in [2.75, 3.05) is 12.8 Å². The summed E-state index contributed by atoms with van der Waals surface area (Å²) in [4.78, 5) is 12.0. The number of oxime groups is 1. The van der Waals surface area contributed by atoms with Crippen LogP contribution < -0.4 is 11.1 Å². The van der Waals surface area contributed by atoms with E-state index in [-0.39, 0.29) is 11.7 Å². The van der Waals surface area contributed by atoms with Gasteiger partial charge in [-0.3, -0.25) is 4.79 Å². The van der Waals surface area contributed by atoms with Gasteiger partial charge in [-0.1, -0.05) is 16.8 Å². The Morgan fingerprint density at radius 1 is 1.59 bits per heavy atom. The first kappa shape index (κ1) is 13.4. The maximum atomic E-state index is 11.2. The molecule has 92 valence electrons. The van der Waals surface area contributed by atoms with Gasteiger partial charge in [0.05, 0.1) is 5.75 Å². The van der Waals surface area contributed by atoms with Crippen LogP contribution in [-0.4, -0.2) is 29.8 Å². The Bertz CT molecular complexity index is 446. The number of amides is 1. The topological polar surface area (TPSA) is 87.7 Å². The van der Waals surface area contributed by atoms with E-state index in [1.807, 2.05) is 25.1 Å². The second kappa shape index (κ2) is 6.15. The van der Waals surface area contributed by atoms with Gasteiger partial charge in [-0.15, -0.1) is 11.8 Å². The Labute approximate surface area is 104 Å². The molecule has 0 aliphatic heterocycles. The first-order chi connectivity index (χ1) is 8.08. The highest BCUT2D eigenvalue weighted by atomic mass is 32.2.